The Morgan fingerprint density at radius 2 is 1.67 bits per heavy atom. The molecule has 0 N–H and O–H groups in total. The SMILES string of the molecule is O=C(c1ccccc1)N1CCC(C2CC=CCN(Cc3ccc(F)cc3)C2=O)CC1. The summed E-state index contributed by atoms with van der Waals surface area (Å²) in [5.41, 5.74) is 1.65. The minimum atomic E-state index is -0.268. The molecule has 4 rings (SSSR count). The molecule has 0 spiro atoms. The van der Waals surface area contributed by atoms with Crippen LogP contribution in [0.4, 0.5) is 4.39 Å². The van der Waals surface area contributed by atoms with Gasteiger partial charge in [0.1, 0.15) is 5.82 Å². The fraction of sp³-hybridized carbons (Fsp3) is 0.360. The van der Waals surface area contributed by atoms with Crippen LogP contribution in [0.25, 0.3) is 0 Å². The van der Waals surface area contributed by atoms with Gasteiger partial charge < -0.3 is 9.80 Å². The molecule has 2 aliphatic heterocycles. The van der Waals surface area contributed by atoms with Crippen molar-refractivity contribution in [2.45, 2.75) is 25.8 Å². The topological polar surface area (TPSA) is 40.6 Å². The van der Waals surface area contributed by atoms with Crippen LogP contribution in [0.1, 0.15) is 35.2 Å². The number of nitrogens with zero attached hydrogens (tertiary/aromatic N) is 2. The van der Waals surface area contributed by atoms with E-state index in [1.165, 1.54) is 12.1 Å². The highest BCUT2D eigenvalue weighted by atomic mass is 19.1. The van der Waals surface area contributed by atoms with Crippen molar-refractivity contribution in [3.05, 3.63) is 83.7 Å². The molecule has 0 bridgehead atoms. The standard InChI is InChI=1S/C25H27FN2O2/c26-22-11-9-19(10-12-22)18-28-15-5-4-8-23(25(28)30)20-13-16-27(17-14-20)24(29)21-6-2-1-3-7-21/h1-7,9-12,20,23H,8,13-18H2. The first-order valence-electron chi connectivity index (χ1n) is 10.6. The van der Waals surface area contributed by atoms with Crippen molar-refractivity contribution in [1.29, 1.82) is 0 Å². The molecule has 2 aliphatic rings. The van der Waals surface area contributed by atoms with Gasteiger partial charge in [-0.15, -0.1) is 0 Å². The van der Waals surface area contributed by atoms with Crippen LogP contribution in [0.15, 0.2) is 66.7 Å². The summed E-state index contributed by atoms with van der Waals surface area (Å²) in [6, 6.07) is 15.7. The molecule has 4 nitrogen and oxygen atoms in total. The lowest BCUT2D eigenvalue weighted by Crippen LogP contribution is -2.44. The Morgan fingerprint density at radius 1 is 0.967 bits per heavy atom. The number of likely N-dealkylation sites (tertiary alicyclic amines) is 1. The number of hydrogen-bond donors (Lipinski definition) is 0. The first kappa shape index (κ1) is 20.3. The van der Waals surface area contributed by atoms with Crippen LogP contribution in [-0.4, -0.2) is 41.2 Å². The molecule has 0 radical (unpaired) electrons. The number of hydrogen-bond acceptors (Lipinski definition) is 2. The number of carbonyl (C=O) groups is 2. The van der Waals surface area contributed by atoms with Crippen LogP contribution in [0.2, 0.25) is 0 Å². The second kappa shape index (κ2) is 9.24. The molecule has 0 aromatic heterocycles. The summed E-state index contributed by atoms with van der Waals surface area (Å²) in [5.74, 6) is 0.181. The maximum Gasteiger partial charge on any atom is 0.253 e. The molecular formula is C25H27FN2O2. The van der Waals surface area contributed by atoms with Gasteiger partial charge in [-0.05, 0) is 55.0 Å². The molecule has 1 fully saturated rings. The molecule has 0 saturated carbocycles. The van der Waals surface area contributed by atoms with E-state index < -0.39 is 0 Å². The molecule has 1 saturated heterocycles. The minimum Gasteiger partial charge on any atom is -0.339 e. The van der Waals surface area contributed by atoms with Crippen LogP contribution < -0.4 is 0 Å². The Morgan fingerprint density at radius 3 is 2.37 bits per heavy atom. The number of benzene rings is 2. The molecular weight excluding hydrogens is 379 g/mol. The Bertz CT molecular complexity index is 903. The van der Waals surface area contributed by atoms with Gasteiger partial charge in [0.2, 0.25) is 5.91 Å². The molecule has 2 aromatic carbocycles. The van der Waals surface area contributed by atoms with Gasteiger partial charge in [0.15, 0.2) is 0 Å². The first-order chi connectivity index (χ1) is 14.6. The van der Waals surface area contributed by atoms with Crippen molar-refractivity contribution in [1.82, 2.24) is 9.80 Å². The fourth-order valence-electron chi connectivity index (χ4n) is 4.48. The predicted octanol–water partition coefficient (Wildman–Crippen LogP) is 4.28. The smallest absolute Gasteiger partial charge is 0.253 e. The monoisotopic (exact) mass is 406 g/mol. The summed E-state index contributed by atoms with van der Waals surface area (Å²) in [5, 5.41) is 0. The van der Waals surface area contributed by atoms with E-state index in [1.807, 2.05) is 40.1 Å². The fourth-order valence-corrected chi connectivity index (χ4v) is 4.48. The van der Waals surface area contributed by atoms with Gasteiger partial charge in [-0.3, -0.25) is 9.59 Å². The van der Waals surface area contributed by atoms with E-state index >= 15 is 0 Å². The van der Waals surface area contributed by atoms with E-state index in [2.05, 4.69) is 12.2 Å². The Hall–Kier alpha value is -2.95. The minimum absolute atomic E-state index is 0.0572. The molecule has 30 heavy (non-hydrogen) atoms. The lowest BCUT2D eigenvalue weighted by molar-refractivity contribution is -0.137. The number of allylic oxidation sites excluding steroid dienone is 1. The van der Waals surface area contributed by atoms with Crippen LogP contribution >= 0.6 is 0 Å². The summed E-state index contributed by atoms with van der Waals surface area (Å²) < 4.78 is 13.2. The summed E-state index contributed by atoms with van der Waals surface area (Å²) in [6.07, 6.45) is 6.58. The van der Waals surface area contributed by atoms with Crippen LogP contribution in [0.3, 0.4) is 0 Å². The lowest BCUT2D eigenvalue weighted by atomic mass is 9.81. The van der Waals surface area contributed by atoms with Gasteiger partial charge in [0.05, 0.1) is 0 Å². The number of halogens is 1. The zero-order valence-corrected chi connectivity index (χ0v) is 17.0. The second-order valence-electron chi connectivity index (χ2n) is 8.15. The van der Waals surface area contributed by atoms with Crippen LogP contribution in [0.5, 0.6) is 0 Å². The van der Waals surface area contributed by atoms with Crippen LogP contribution in [-0.2, 0) is 11.3 Å². The normalized spacial score (nSPS) is 20.3. The Labute approximate surface area is 177 Å². The molecule has 2 heterocycles. The van der Waals surface area contributed by atoms with Gasteiger partial charge in [-0.1, -0.05) is 42.5 Å². The third-order valence-electron chi connectivity index (χ3n) is 6.21. The number of carbonyl (C=O) groups excluding carboxylic acids is 2. The van der Waals surface area contributed by atoms with Gasteiger partial charge in [0.25, 0.3) is 5.91 Å². The third-order valence-corrected chi connectivity index (χ3v) is 6.21. The van der Waals surface area contributed by atoms with Gasteiger partial charge in [0, 0.05) is 37.7 Å². The third kappa shape index (κ3) is 4.61. The zero-order chi connectivity index (χ0) is 20.9. The highest BCUT2D eigenvalue weighted by Gasteiger charge is 2.35. The molecule has 1 atom stereocenters. The lowest BCUT2D eigenvalue weighted by Gasteiger charge is -2.36. The van der Waals surface area contributed by atoms with Crippen molar-refractivity contribution < 1.29 is 14.0 Å². The van der Waals surface area contributed by atoms with E-state index in [4.69, 9.17) is 0 Å². The number of rotatable bonds is 4. The Kier molecular flexibility index (Phi) is 6.26. The predicted molar refractivity (Wildman–Crippen MR) is 114 cm³/mol. The average Bonchev–Trinajstić information content (AvgIpc) is 2.97. The maximum absolute atomic E-state index is 13.3. The maximum atomic E-state index is 13.3. The molecule has 1 unspecified atom stereocenters. The van der Waals surface area contributed by atoms with E-state index in [9.17, 15) is 14.0 Å². The zero-order valence-electron chi connectivity index (χ0n) is 17.0. The summed E-state index contributed by atoms with van der Waals surface area (Å²) in [6.45, 7) is 2.44. The number of amides is 2. The Balaban J connectivity index is 1.38. The van der Waals surface area contributed by atoms with Crippen molar-refractivity contribution in [3.63, 3.8) is 0 Å². The first-order valence-corrected chi connectivity index (χ1v) is 10.6. The molecule has 2 aromatic rings. The van der Waals surface area contributed by atoms with E-state index in [1.54, 1.807) is 12.1 Å². The summed E-state index contributed by atoms with van der Waals surface area (Å²) in [4.78, 5) is 29.7. The van der Waals surface area contributed by atoms with Gasteiger partial charge in [-0.25, -0.2) is 4.39 Å². The second-order valence-corrected chi connectivity index (χ2v) is 8.15. The molecule has 5 heteroatoms. The largest absolute Gasteiger partial charge is 0.339 e. The summed E-state index contributed by atoms with van der Waals surface area (Å²) >= 11 is 0. The average molecular weight is 407 g/mol. The molecule has 156 valence electrons. The quantitative estimate of drug-likeness (QED) is 0.711. The van der Waals surface area contributed by atoms with Crippen molar-refractivity contribution in [3.8, 4) is 0 Å². The van der Waals surface area contributed by atoms with E-state index in [0.717, 1.165) is 30.4 Å². The van der Waals surface area contributed by atoms with E-state index in [0.29, 0.717) is 26.2 Å². The summed E-state index contributed by atoms with van der Waals surface area (Å²) in [7, 11) is 0. The van der Waals surface area contributed by atoms with E-state index in [-0.39, 0.29) is 29.5 Å². The molecule has 2 amide bonds. The van der Waals surface area contributed by atoms with Crippen molar-refractivity contribution >= 4 is 11.8 Å². The molecule has 0 aliphatic carbocycles. The highest BCUT2D eigenvalue weighted by molar-refractivity contribution is 5.94. The van der Waals surface area contributed by atoms with Crippen molar-refractivity contribution in [2.24, 2.45) is 11.8 Å². The van der Waals surface area contributed by atoms with Gasteiger partial charge >= 0.3 is 0 Å². The van der Waals surface area contributed by atoms with Crippen LogP contribution in [0, 0.1) is 17.7 Å². The van der Waals surface area contributed by atoms with Crippen molar-refractivity contribution in [2.75, 3.05) is 19.6 Å². The van der Waals surface area contributed by atoms with Gasteiger partial charge in [-0.2, -0.15) is 0 Å². The highest BCUT2D eigenvalue weighted by Crippen LogP contribution is 2.31. The number of piperidine rings is 1.